The maximum Gasteiger partial charge on any atom is 0.329 e. The summed E-state index contributed by atoms with van der Waals surface area (Å²) in [5, 5.41) is 0. The monoisotopic (exact) mass is 376 g/mol. The third-order valence-electron chi connectivity index (χ3n) is 5.03. The van der Waals surface area contributed by atoms with Crippen molar-refractivity contribution in [3.63, 3.8) is 0 Å². The number of esters is 1. The number of hydrogen-bond acceptors (Lipinski definition) is 9. The van der Waals surface area contributed by atoms with Crippen molar-refractivity contribution in [3.8, 4) is 0 Å². The van der Waals surface area contributed by atoms with Gasteiger partial charge in [-0.25, -0.2) is 4.79 Å². The van der Waals surface area contributed by atoms with Crippen LogP contribution in [0.1, 0.15) is 38.4 Å². The molecule has 2 unspecified atom stereocenters. The highest BCUT2D eigenvalue weighted by molar-refractivity contribution is 6.07. The highest BCUT2D eigenvalue weighted by Crippen LogP contribution is 2.38. The maximum atomic E-state index is 12.6. The Balaban J connectivity index is 1.66. The van der Waals surface area contributed by atoms with Gasteiger partial charge in [-0.05, 0) is 19.8 Å². The number of likely N-dealkylation sites (tertiary alicyclic amines) is 1. The van der Waals surface area contributed by atoms with Gasteiger partial charge in [-0.3, -0.25) is 14.5 Å². The average Bonchev–Trinajstić information content (AvgIpc) is 2.89. The van der Waals surface area contributed by atoms with Crippen molar-refractivity contribution in [3.05, 3.63) is 5.82 Å². The van der Waals surface area contributed by atoms with Crippen molar-refractivity contribution in [2.75, 3.05) is 24.7 Å². The topological polar surface area (TPSA) is 132 Å². The minimum Gasteiger partial charge on any atom is -0.456 e. The number of nitrogens with two attached hydrogens (primary N) is 1. The van der Waals surface area contributed by atoms with Gasteiger partial charge in [0.05, 0.1) is 11.8 Å². The number of rotatable bonds is 5. The second-order valence-corrected chi connectivity index (χ2v) is 7.13. The summed E-state index contributed by atoms with van der Waals surface area (Å²) in [6.45, 7) is 1.28. The fourth-order valence-electron chi connectivity index (χ4n) is 3.62. The molecule has 1 saturated heterocycles. The van der Waals surface area contributed by atoms with Gasteiger partial charge < -0.3 is 15.4 Å². The zero-order valence-corrected chi connectivity index (χ0v) is 15.7. The molecule has 10 heteroatoms. The second-order valence-electron chi connectivity index (χ2n) is 7.13. The molecule has 2 N–H and O–H groups in total. The standard InChI is InChI=1S/C17H24N6O4/c1-9(23-13(24)10-6-4-5-7-11(10)14(23)25)15(26)27-8-12-19-16(18)21-17(20-12)22(2)3/h9-11H,4-8H2,1-3H3,(H2,18,19,20,21)/t9-,10?,11?/m0/s1. The van der Waals surface area contributed by atoms with Gasteiger partial charge in [0, 0.05) is 14.1 Å². The van der Waals surface area contributed by atoms with Crippen LogP contribution in [0.15, 0.2) is 0 Å². The zero-order chi connectivity index (χ0) is 19.7. The molecule has 1 aliphatic carbocycles. The Bertz CT molecular complexity index is 744. The largest absolute Gasteiger partial charge is 0.456 e. The van der Waals surface area contributed by atoms with Gasteiger partial charge in [0.15, 0.2) is 12.4 Å². The molecule has 0 spiro atoms. The summed E-state index contributed by atoms with van der Waals surface area (Å²) in [6.07, 6.45) is 3.26. The summed E-state index contributed by atoms with van der Waals surface area (Å²) in [5.41, 5.74) is 5.64. The Hall–Kier alpha value is -2.78. The normalized spacial score (nSPS) is 23.1. The van der Waals surface area contributed by atoms with Crippen molar-refractivity contribution >= 4 is 29.7 Å². The van der Waals surface area contributed by atoms with Gasteiger partial charge >= 0.3 is 5.97 Å². The highest BCUT2D eigenvalue weighted by atomic mass is 16.5. The molecule has 1 aromatic rings. The molecule has 3 rings (SSSR count). The number of nitrogens with zero attached hydrogens (tertiary/aromatic N) is 5. The average molecular weight is 376 g/mol. The molecular formula is C17H24N6O4. The molecule has 1 saturated carbocycles. The first-order chi connectivity index (χ1) is 12.8. The summed E-state index contributed by atoms with van der Waals surface area (Å²) in [6, 6.07) is -0.983. The molecule has 10 nitrogen and oxygen atoms in total. The van der Waals surface area contributed by atoms with E-state index in [-0.39, 0.29) is 42.0 Å². The first-order valence-corrected chi connectivity index (χ1v) is 9.01. The molecule has 2 aliphatic rings. The summed E-state index contributed by atoms with van der Waals surface area (Å²) < 4.78 is 5.23. The molecule has 2 heterocycles. The van der Waals surface area contributed by atoms with E-state index in [9.17, 15) is 14.4 Å². The van der Waals surface area contributed by atoms with E-state index in [2.05, 4.69) is 15.0 Å². The zero-order valence-electron chi connectivity index (χ0n) is 15.7. The van der Waals surface area contributed by atoms with Crippen LogP contribution in [0.3, 0.4) is 0 Å². The molecule has 2 fully saturated rings. The van der Waals surface area contributed by atoms with Crippen LogP contribution >= 0.6 is 0 Å². The molecule has 1 aliphatic heterocycles. The van der Waals surface area contributed by atoms with Crippen molar-refractivity contribution < 1.29 is 19.1 Å². The Morgan fingerprint density at radius 1 is 1.19 bits per heavy atom. The minimum atomic E-state index is -0.983. The van der Waals surface area contributed by atoms with Crippen LogP contribution in [0.2, 0.25) is 0 Å². The fourth-order valence-corrected chi connectivity index (χ4v) is 3.62. The number of carbonyl (C=O) groups is 3. The number of amides is 2. The van der Waals surface area contributed by atoms with Crippen LogP contribution in [0.25, 0.3) is 0 Å². The number of aromatic nitrogens is 3. The molecule has 2 amide bonds. The molecule has 146 valence electrons. The van der Waals surface area contributed by atoms with Crippen LogP contribution < -0.4 is 10.6 Å². The maximum absolute atomic E-state index is 12.6. The van der Waals surface area contributed by atoms with Crippen LogP contribution in [-0.2, 0) is 25.7 Å². The van der Waals surface area contributed by atoms with E-state index in [0.717, 1.165) is 17.7 Å². The van der Waals surface area contributed by atoms with Crippen molar-refractivity contribution in [1.29, 1.82) is 0 Å². The number of imide groups is 1. The molecular weight excluding hydrogens is 352 g/mol. The lowest BCUT2D eigenvalue weighted by Crippen LogP contribution is -2.44. The number of carbonyl (C=O) groups excluding carboxylic acids is 3. The Kier molecular flexibility index (Phi) is 5.24. The first-order valence-electron chi connectivity index (χ1n) is 9.01. The number of ether oxygens (including phenoxy) is 1. The van der Waals surface area contributed by atoms with Crippen LogP contribution in [-0.4, -0.2) is 57.8 Å². The van der Waals surface area contributed by atoms with E-state index in [1.807, 2.05) is 0 Å². The lowest BCUT2D eigenvalue weighted by molar-refractivity contribution is -0.159. The summed E-state index contributed by atoms with van der Waals surface area (Å²) in [4.78, 5) is 52.3. The molecule has 27 heavy (non-hydrogen) atoms. The summed E-state index contributed by atoms with van der Waals surface area (Å²) >= 11 is 0. The van der Waals surface area contributed by atoms with Crippen molar-refractivity contribution in [1.82, 2.24) is 19.9 Å². The minimum absolute atomic E-state index is 0.0155. The molecule has 0 aromatic carbocycles. The lowest BCUT2D eigenvalue weighted by atomic mass is 9.81. The number of nitrogen functional groups attached to an aromatic ring is 1. The lowest BCUT2D eigenvalue weighted by Gasteiger charge is -2.21. The molecule has 3 atom stereocenters. The second kappa shape index (κ2) is 7.45. The van der Waals surface area contributed by atoms with Gasteiger partial charge in [0.1, 0.15) is 6.04 Å². The van der Waals surface area contributed by atoms with Crippen LogP contribution in [0, 0.1) is 11.8 Å². The Morgan fingerprint density at radius 2 is 1.78 bits per heavy atom. The number of anilines is 2. The van der Waals surface area contributed by atoms with Crippen LogP contribution in [0.5, 0.6) is 0 Å². The van der Waals surface area contributed by atoms with E-state index in [0.29, 0.717) is 18.8 Å². The van der Waals surface area contributed by atoms with E-state index in [1.165, 1.54) is 6.92 Å². The van der Waals surface area contributed by atoms with Gasteiger partial charge in [-0.1, -0.05) is 12.8 Å². The van der Waals surface area contributed by atoms with Gasteiger partial charge in [0.25, 0.3) is 0 Å². The molecule has 0 radical (unpaired) electrons. The Labute approximate surface area is 157 Å². The highest BCUT2D eigenvalue weighted by Gasteiger charge is 2.51. The molecule has 1 aromatic heterocycles. The predicted molar refractivity (Wildman–Crippen MR) is 95.1 cm³/mol. The van der Waals surface area contributed by atoms with Gasteiger partial charge in [0.2, 0.25) is 23.7 Å². The third-order valence-corrected chi connectivity index (χ3v) is 5.03. The third kappa shape index (κ3) is 3.69. The fraction of sp³-hybridized carbons (Fsp3) is 0.647. The van der Waals surface area contributed by atoms with Gasteiger partial charge in [-0.2, -0.15) is 15.0 Å². The smallest absolute Gasteiger partial charge is 0.329 e. The number of fused-ring (bicyclic) bond motifs is 1. The summed E-state index contributed by atoms with van der Waals surface area (Å²) in [7, 11) is 3.49. The molecule has 0 bridgehead atoms. The van der Waals surface area contributed by atoms with Crippen molar-refractivity contribution in [2.24, 2.45) is 11.8 Å². The van der Waals surface area contributed by atoms with E-state index in [4.69, 9.17) is 10.5 Å². The first kappa shape index (κ1) is 19.0. The SMILES string of the molecule is C[C@@H](C(=O)OCc1nc(N)nc(N(C)C)n1)N1C(=O)C2CCCCC2C1=O. The van der Waals surface area contributed by atoms with Crippen molar-refractivity contribution in [2.45, 2.75) is 45.3 Å². The van der Waals surface area contributed by atoms with E-state index in [1.54, 1.807) is 19.0 Å². The predicted octanol–water partition coefficient (Wildman–Crippen LogP) is 0.127. The Morgan fingerprint density at radius 3 is 2.33 bits per heavy atom. The number of hydrogen-bond donors (Lipinski definition) is 1. The summed E-state index contributed by atoms with van der Waals surface area (Å²) in [5.74, 6) is -1.26. The van der Waals surface area contributed by atoms with Gasteiger partial charge in [-0.15, -0.1) is 0 Å². The van der Waals surface area contributed by atoms with Crippen LogP contribution in [0.4, 0.5) is 11.9 Å². The van der Waals surface area contributed by atoms with E-state index < -0.39 is 12.0 Å². The quantitative estimate of drug-likeness (QED) is 0.562. The van der Waals surface area contributed by atoms with E-state index >= 15 is 0 Å².